The van der Waals surface area contributed by atoms with Crippen LogP contribution in [0.15, 0.2) is 66.0 Å². The summed E-state index contributed by atoms with van der Waals surface area (Å²) >= 11 is 0. The van der Waals surface area contributed by atoms with E-state index in [0.29, 0.717) is 23.5 Å². The summed E-state index contributed by atoms with van der Waals surface area (Å²) in [5.74, 6) is 1.22. The van der Waals surface area contributed by atoms with Gasteiger partial charge < -0.3 is 14.5 Å². The Morgan fingerprint density at radius 3 is 2.65 bits per heavy atom. The molecule has 0 spiro atoms. The molecule has 0 saturated heterocycles. The highest BCUT2D eigenvalue weighted by molar-refractivity contribution is 6.04. The number of rotatable bonds is 6. The van der Waals surface area contributed by atoms with Gasteiger partial charge in [0.05, 0.1) is 0 Å². The van der Waals surface area contributed by atoms with Crippen molar-refractivity contribution in [3.8, 4) is 22.6 Å². The molecular weight excluding hydrogens is 428 g/mol. The van der Waals surface area contributed by atoms with Gasteiger partial charge in [0.1, 0.15) is 17.1 Å². The number of hydrogen-bond donors (Lipinski definition) is 1. The lowest BCUT2D eigenvalue weighted by Gasteiger charge is -2.11. The van der Waals surface area contributed by atoms with Gasteiger partial charge >= 0.3 is 0 Å². The van der Waals surface area contributed by atoms with E-state index >= 15 is 0 Å². The fourth-order valence-electron chi connectivity index (χ4n) is 4.20. The SMILES string of the molecule is Cn1cc(-c2ccc(C3CC3)nc2)cc(C(=O)Nc2cccc(-c3nccn3C3CC3)n2)c1=O. The summed E-state index contributed by atoms with van der Waals surface area (Å²) in [6.07, 6.45) is 11.9. The summed E-state index contributed by atoms with van der Waals surface area (Å²) in [6, 6.07) is 11.5. The van der Waals surface area contributed by atoms with Crippen LogP contribution in [0, 0.1) is 0 Å². The molecule has 8 nitrogen and oxygen atoms in total. The van der Waals surface area contributed by atoms with Crippen molar-refractivity contribution in [2.24, 2.45) is 7.05 Å². The molecule has 0 bridgehead atoms. The first-order chi connectivity index (χ1) is 16.6. The minimum absolute atomic E-state index is 0.0537. The molecule has 2 aliphatic carbocycles. The Hall–Kier alpha value is -4.07. The van der Waals surface area contributed by atoms with Crippen LogP contribution in [0.3, 0.4) is 0 Å². The van der Waals surface area contributed by atoms with Gasteiger partial charge in [-0.05, 0) is 49.9 Å². The van der Waals surface area contributed by atoms with Crippen LogP contribution in [-0.2, 0) is 7.05 Å². The first-order valence-electron chi connectivity index (χ1n) is 11.6. The summed E-state index contributed by atoms with van der Waals surface area (Å²) in [6.45, 7) is 0. The minimum Gasteiger partial charge on any atom is -0.327 e. The Kier molecular flexibility index (Phi) is 4.86. The van der Waals surface area contributed by atoms with E-state index in [-0.39, 0.29) is 11.1 Å². The number of nitrogens with zero attached hydrogens (tertiary/aromatic N) is 5. The maximum atomic E-state index is 13.1. The summed E-state index contributed by atoms with van der Waals surface area (Å²) < 4.78 is 3.55. The van der Waals surface area contributed by atoms with Gasteiger partial charge in [-0.1, -0.05) is 12.1 Å². The topological polar surface area (TPSA) is 94.7 Å². The molecule has 170 valence electrons. The molecule has 0 radical (unpaired) electrons. The molecule has 6 rings (SSSR count). The lowest BCUT2D eigenvalue weighted by atomic mass is 10.1. The third kappa shape index (κ3) is 3.91. The number of aryl methyl sites for hydroxylation is 1. The Labute approximate surface area is 196 Å². The quantitative estimate of drug-likeness (QED) is 0.474. The monoisotopic (exact) mass is 452 g/mol. The number of carbonyl (C=O) groups is 1. The first kappa shape index (κ1) is 20.5. The number of aromatic nitrogens is 5. The maximum absolute atomic E-state index is 13.1. The van der Waals surface area contributed by atoms with Crippen molar-refractivity contribution in [3.63, 3.8) is 0 Å². The van der Waals surface area contributed by atoms with Gasteiger partial charge in [-0.3, -0.25) is 14.6 Å². The van der Waals surface area contributed by atoms with Crippen LogP contribution in [0.1, 0.15) is 53.7 Å². The normalized spacial score (nSPS) is 15.3. The zero-order chi connectivity index (χ0) is 23.2. The van der Waals surface area contributed by atoms with Crippen molar-refractivity contribution in [1.29, 1.82) is 0 Å². The zero-order valence-corrected chi connectivity index (χ0v) is 18.8. The fourth-order valence-corrected chi connectivity index (χ4v) is 4.20. The third-order valence-electron chi connectivity index (χ3n) is 6.37. The molecule has 0 unspecified atom stereocenters. The number of nitrogens with one attached hydrogen (secondary N) is 1. The molecule has 34 heavy (non-hydrogen) atoms. The highest BCUT2D eigenvalue weighted by atomic mass is 16.2. The van der Waals surface area contributed by atoms with Crippen LogP contribution >= 0.6 is 0 Å². The summed E-state index contributed by atoms with van der Waals surface area (Å²) in [5.41, 5.74) is 3.08. The van der Waals surface area contributed by atoms with Crippen molar-refractivity contribution in [1.82, 2.24) is 24.1 Å². The van der Waals surface area contributed by atoms with Crippen LogP contribution in [0.5, 0.6) is 0 Å². The average molecular weight is 453 g/mol. The van der Waals surface area contributed by atoms with E-state index in [1.54, 1.807) is 31.6 Å². The van der Waals surface area contributed by atoms with E-state index in [9.17, 15) is 9.59 Å². The van der Waals surface area contributed by atoms with Crippen molar-refractivity contribution in [3.05, 3.63) is 82.8 Å². The molecule has 0 aromatic carbocycles. The molecule has 2 fully saturated rings. The summed E-state index contributed by atoms with van der Waals surface area (Å²) in [4.78, 5) is 39.5. The van der Waals surface area contributed by atoms with Gasteiger partial charge in [0.15, 0.2) is 5.82 Å². The molecule has 4 heterocycles. The van der Waals surface area contributed by atoms with Crippen molar-refractivity contribution < 1.29 is 4.79 Å². The van der Waals surface area contributed by atoms with Crippen LogP contribution in [-0.4, -0.2) is 30.0 Å². The minimum atomic E-state index is -0.500. The van der Waals surface area contributed by atoms with Gasteiger partial charge in [0, 0.05) is 60.6 Å². The third-order valence-corrected chi connectivity index (χ3v) is 6.37. The van der Waals surface area contributed by atoms with Gasteiger partial charge in [-0.25, -0.2) is 9.97 Å². The molecule has 1 amide bonds. The van der Waals surface area contributed by atoms with E-state index in [2.05, 4.69) is 24.8 Å². The molecule has 0 atom stereocenters. The second-order valence-electron chi connectivity index (χ2n) is 9.06. The van der Waals surface area contributed by atoms with Crippen LogP contribution in [0.4, 0.5) is 5.82 Å². The lowest BCUT2D eigenvalue weighted by Crippen LogP contribution is -2.27. The Bertz CT molecular complexity index is 1440. The fraction of sp³-hybridized carbons (Fsp3) is 0.269. The Balaban J connectivity index is 1.28. The summed E-state index contributed by atoms with van der Waals surface area (Å²) in [5, 5.41) is 2.79. The van der Waals surface area contributed by atoms with Crippen molar-refractivity contribution in [2.45, 2.75) is 37.6 Å². The number of imidazole rings is 1. The zero-order valence-electron chi connectivity index (χ0n) is 18.8. The maximum Gasteiger partial charge on any atom is 0.263 e. The van der Waals surface area contributed by atoms with E-state index in [1.165, 1.54) is 17.4 Å². The van der Waals surface area contributed by atoms with E-state index in [0.717, 1.165) is 35.5 Å². The standard InChI is InChI=1S/C26H24N6O2/c1-31-15-18(17-7-10-21(28-14-17)16-5-6-16)13-20(26(31)34)25(33)30-23-4-2-3-22(29-23)24-27-11-12-32(24)19-8-9-19/h2-4,7,10-16,19H,5-6,8-9H2,1H3,(H,29,30,33). The van der Waals surface area contributed by atoms with Gasteiger partial charge in [0.25, 0.3) is 11.5 Å². The van der Waals surface area contributed by atoms with Crippen molar-refractivity contribution in [2.75, 3.05) is 5.32 Å². The number of anilines is 1. The summed E-state index contributed by atoms with van der Waals surface area (Å²) in [7, 11) is 1.64. The number of amides is 1. The molecule has 0 aliphatic heterocycles. The van der Waals surface area contributed by atoms with E-state index < -0.39 is 5.91 Å². The average Bonchev–Trinajstić information content (AvgIpc) is 3.79. The predicted molar refractivity (Wildman–Crippen MR) is 129 cm³/mol. The number of carbonyl (C=O) groups excluding carboxylic acids is 1. The predicted octanol–water partition coefficient (Wildman–Crippen LogP) is 4.17. The van der Waals surface area contributed by atoms with Gasteiger partial charge in [-0.15, -0.1) is 0 Å². The largest absolute Gasteiger partial charge is 0.327 e. The Morgan fingerprint density at radius 2 is 1.91 bits per heavy atom. The lowest BCUT2D eigenvalue weighted by molar-refractivity contribution is 0.102. The van der Waals surface area contributed by atoms with Crippen LogP contribution < -0.4 is 10.9 Å². The first-order valence-corrected chi connectivity index (χ1v) is 11.6. The molecule has 2 aliphatic rings. The molecule has 8 heteroatoms. The van der Waals surface area contributed by atoms with Gasteiger partial charge in [0.2, 0.25) is 0 Å². The van der Waals surface area contributed by atoms with E-state index in [4.69, 9.17) is 0 Å². The van der Waals surface area contributed by atoms with Crippen LogP contribution in [0.25, 0.3) is 22.6 Å². The number of pyridine rings is 3. The van der Waals surface area contributed by atoms with Crippen LogP contribution in [0.2, 0.25) is 0 Å². The molecule has 4 aromatic rings. The highest BCUT2D eigenvalue weighted by Crippen LogP contribution is 2.39. The highest BCUT2D eigenvalue weighted by Gasteiger charge is 2.26. The number of hydrogen-bond acceptors (Lipinski definition) is 5. The molecule has 1 N–H and O–H groups in total. The molecule has 2 saturated carbocycles. The molecular formula is C26H24N6O2. The second kappa shape index (κ2) is 8.06. The second-order valence-corrected chi connectivity index (χ2v) is 9.06. The smallest absolute Gasteiger partial charge is 0.263 e. The van der Waals surface area contributed by atoms with Gasteiger partial charge in [-0.2, -0.15) is 0 Å². The van der Waals surface area contributed by atoms with E-state index in [1.807, 2.05) is 36.7 Å². The van der Waals surface area contributed by atoms with Crippen molar-refractivity contribution >= 4 is 11.7 Å². The Morgan fingerprint density at radius 1 is 1.06 bits per heavy atom. The molecule has 4 aromatic heterocycles.